The Morgan fingerprint density at radius 3 is 2.75 bits per heavy atom. The zero-order valence-corrected chi connectivity index (χ0v) is 9.66. The molecule has 0 aliphatic rings. The molecule has 0 radical (unpaired) electrons. The Morgan fingerprint density at radius 1 is 1.62 bits per heavy atom. The summed E-state index contributed by atoms with van der Waals surface area (Å²) in [6.07, 6.45) is 2.31. The van der Waals surface area contributed by atoms with Crippen LogP contribution in [0.4, 0.5) is 5.69 Å². The number of aromatic amines is 1. The number of H-pyrrole nitrogens is 1. The SMILES string of the molecule is CC(C)CC(CO)NC(=O)c1cc(N)c[nH]1. The molecular weight excluding hydrogens is 206 g/mol. The maximum atomic E-state index is 11.7. The van der Waals surface area contributed by atoms with Gasteiger partial charge in [-0.25, -0.2) is 0 Å². The maximum Gasteiger partial charge on any atom is 0.268 e. The third-order valence-electron chi connectivity index (χ3n) is 2.26. The minimum absolute atomic E-state index is 0.0554. The van der Waals surface area contributed by atoms with Gasteiger partial charge in [-0.3, -0.25) is 4.79 Å². The number of aliphatic hydroxyl groups excluding tert-OH is 1. The molecule has 1 rings (SSSR count). The Kier molecular flexibility index (Phi) is 4.37. The topological polar surface area (TPSA) is 91.1 Å². The second-order valence-corrected chi connectivity index (χ2v) is 4.33. The highest BCUT2D eigenvalue weighted by molar-refractivity contribution is 5.93. The number of hydrogen-bond acceptors (Lipinski definition) is 3. The van der Waals surface area contributed by atoms with Crippen LogP contribution >= 0.6 is 0 Å². The number of anilines is 1. The Labute approximate surface area is 95.0 Å². The lowest BCUT2D eigenvalue weighted by atomic mass is 10.0. The van der Waals surface area contributed by atoms with Gasteiger partial charge in [0.15, 0.2) is 0 Å². The van der Waals surface area contributed by atoms with Crippen molar-refractivity contribution in [1.29, 1.82) is 0 Å². The fraction of sp³-hybridized carbons (Fsp3) is 0.545. The van der Waals surface area contributed by atoms with Gasteiger partial charge in [-0.15, -0.1) is 0 Å². The fourth-order valence-corrected chi connectivity index (χ4v) is 1.55. The first-order valence-electron chi connectivity index (χ1n) is 5.38. The summed E-state index contributed by atoms with van der Waals surface area (Å²) in [5.41, 5.74) is 6.44. The molecule has 90 valence electrons. The van der Waals surface area contributed by atoms with E-state index >= 15 is 0 Å². The van der Waals surface area contributed by atoms with Gasteiger partial charge in [-0.2, -0.15) is 0 Å². The van der Waals surface area contributed by atoms with Gasteiger partial charge in [0.05, 0.1) is 12.6 Å². The molecular formula is C11H19N3O2. The van der Waals surface area contributed by atoms with Gasteiger partial charge in [0, 0.05) is 11.9 Å². The van der Waals surface area contributed by atoms with Crippen LogP contribution in [0.3, 0.4) is 0 Å². The zero-order chi connectivity index (χ0) is 12.1. The lowest BCUT2D eigenvalue weighted by Crippen LogP contribution is -2.38. The van der Waals surface area contributed by atoms with Crippen LogP contribution in [0.25, 0.3) is 0 Å². The van der Waals surface area contributed by atoms with Gasteiger partial charge >= 0.3 is 0 Å². The average Bonchev–Trinajstić information content (AvgIpc) is 2.63. The Bertz CT molecular complexity index is 347. The molecule has 5 N–H and O–H groups in total. The summed E-state index contributed by atoms with van der Waals surface area (Å²) in [7, 11) is 0. The lowest BCUT2D eigenvalue weighted by molar-refractivity contribution is 0.0904. The Balaban J connectivity index is 2.55. The summed E-state index contributed by atoms with van der Waals surface area (Å²) in [4.78, 5) is 14.5. The summed E-state index contributed by atoms with van der Waals surface area (Å²) in [5.74, 6) is 0.183. The molecule has 1 unspecified atom stereocenters. The molecule has 1 atom stereocenters. The lowest BCUT2D eigenvalue weighted by Gasteiger charge is -2.17. The number of carbonyl (C=O) groups excluding carboxylic acids is 1. The van der Waals surface area contributed by atoms with Gasteiger partial charge in [0.1, 0.15) is 5.69 Å². The van der Waals surface area contributed by atoms with Crippen LogP contribution in [0.1, 0.15) is 30.8 Å². The quantitative estimate of drug-likeness (QED) is 0.595. The first kappa shape index (κ1) is 12.6. The van der Waals surface area contributed by atoms with E-state index in [9.17, 15) is 4.79 Å². The number of hydrogen-bond donors (Lipinski definition) is 4. The highest BCUT2D eigenvalue weighted by Crippen LogP contribution is 2.07. The van der Waals surface area contributed by atoms with E-state index in [4.69, 9.17) is 10.8 Å². The minimum Gasteiger partial charge on any atom is -0.397 e. The maximum absolute atomic E-state index is 11.7. The summed E-state index contributed by atoms with van der Waals surface area (Å²) in [6, 6.07) is 1.36. The van der Waals surface area contributed by atoms with Crippen LogP contribution in [0.15, 0.2) is 12.3 Å². The molecule has 0 aliphatic heterocycles. The van der Waals surface area contributed by atoms with Crippen molar-refractivity contribution >= 4 is 11.6 Å². The molecule has 1 aromatic rings. The molecule has 0 aromatic carbocycles. The summed E-state index contributed by atoms with van der Waals surface area (Å²) >= 11 is 0. The summed E-state index contributed by atoms with van der Waals surface area (Å²) < 4.78 is 0. The van der Waals surface area contributed by atoms with Crippen molar-refractivity contribution in [3.8, 4) is 0 Å². The Morgan fingerprint density at radius 2 is 2.31 bits per heavy atom. The van der Waals surface area contributed by atoms with E-state index in [2.05, 4.69) is 10.3 Å². The van der Waals surface area contributed by atoms with Crippen LogP contribution in [0.2, 0.25) is 0 Å². The highest BCUT2D eigenvalue weighted by Gasteiger charge is 2.15. The number of rotatable bonds is 5. The molecule has 0 saturated carbocycles. The summed E-state index contributed by atoms with van der Waals surface area (Å²) in [6.45, 7) is 4.03. The number of aromatic nitrogens is 1. The van der Waals surface area contributed by atoms with Crippen molar-refractivity contribution in [3.05, 3.63) is 18.0 Å². The number of aliphatic hydroxyl groups is 1. The van der Waals surface area contributed by atoms with Crippen molar-refractivity contribution in [2.75, 3.05) is 12.3 Å². The standard InChI is InChI=1S/C11H19N3O2/c1-7(2)3-9(6-15)14-11(16)10-4-8(12)5-13-10/h4-5,7,9,13,15H,3,6,12H2,1-2H3,(H,14,16). The zero-order valence-electron chi connectivity index (χ0n) is 9.66. The number of carbonyl (C=O) groups is 1. The first-order valence-corrected chi connectivity index (χ1v) is 5.38. The normalized spacial score (nSPS) is 12.8. The van der Waals surface area contributed by atoms with Gasteiger partial charge < -0.3 is 21.1 Å². The molecule has 5 heteroatoms. The molecule has 0 fully saturated rings. The van der Waals surface area contributed by atoms with Gasteiger partial charge in [0.2, 0.25) is 0 Å². The molecule has 1 heterocycles. The van der Waals surface area contributed by atoms with Crippen molar-refractivity contribution < 1.29 is 9.90 Å². The van der Waals surface area contributed by atoms with E-state index in [1.54, 1.807) is 12.3 Å². The first-order chi connectivity index (χ1) is 7.52. The van der Waals surface area contributed by atoms with E-state index in [-0.39, 0.29) is 18.6 Å². The number of nitrogens with one attached hydrogen (secondary N) is 2. The molecule has 0 bridgehead atoms. The summed E-state index contributed by atoms with van der Waals surface area (Å²) in [5, 5.41) is 11.9. The van der Waals surface area contributed by atoms with Crippen LogP contribution in [0, 0.1) is 5.92 Å². The van der Waals surface area contributed by atoms with Crippen molar-refractivity contribution in [1.82, 2.24) is 10.3 Å². The van der Waals surface area contributed by atoms with Gasteiger partial charge in [-0.1, -0.05) is 13.8 Å². The van der Waals surface area contributed by atoms with E-state index < -0.39 is 0 Å². The average molecular weight is 225 g/mol. The third kappa shape index (κ3) is 3.58. The third-order valence-corrected chi connectivity index (χ3v) is 2.26. The predicted molar refractivity (Wildman–Crippen MR) is 63.0 cm³/mol. The van der Waals surface area contributed by atoms with Crippen molar-refractivity contribution in [2.45, 2.75) is 26.3 Å². The van der Waals surface area contributed by atoms with Gasteiger partial charge in [0.25, 0.3) is 5.91 Å². The van der Waals surface area contributed by atoms with E-state index in [1.807, 2.05) is 13.8 Å². The van der Waals surface area contributed by atoms with Crippen LogP contribution < -0.4 is 11.1 Å². The van der Waals surface area contributed by atoms with Crippen LogP contribution in [0.5, 0.6) is 0 Å². The molecule has 16 heavy (non-hydrogen) atoms. The second kappa shape index (κ2) is 5.55. The number of amides is 1. The van der Waals surface area contributed by atoms with Crippen LogP contribution in [-0.4, -0.2) is 28.6 Å². The molecule has 0 spiro atoms. The van der Waals surface area contributed by atoms with Crippen molar-refractivity contribution in [2.24, 2.45) is 5.92 Å². The van der Waals surface area contributed by atoms with E-state index in [0.29, 0.717) is 17.3 Å². The largest absolute Gasteiger partial charge is 0.397 e. The minimum atomic E-state index is -0.239. The molecule has 5 nitrogen and oxygen atoms in total. The number of nitrogens with two attached hydrogens (primary N) is 1. The molecule has 1 aromatic heterocycles. The molecule has 0 saturated heterocycles. The monoisotopic (exact) mass is 225 g/mol. The van der Waals surface area contributed by atoms with Crippen LogP contribution in [-0.2, 0) is 0 Å². The van der Waals surface area contributed by atoms with E-state index in [1.165, 1.54) is 0 Å². The molecule has 0 aliphatic carbocycles. The van der Waals surface area contributed by atoms with E-state index in [0.717, 1.165) is 6.42 Å². The fourth-order valence-electron chi connectivity index (χ4n) is 1.55. The molecule has 1 amide bonds. The number of nitrogen functional groups attached to an aromatic ring is 1. The van der Waals surface area contributed by atoms with Crippen molar-refractivity contribution in [3.63, 3.8) is 0 Å². The predicted octanol–water partition coefficient (Wildman–Crippen LogP) is 0.734. The van der Waals surface area contributed by atoms with Gasteiger partial charge in [-0.05, 0) is 18.4 Å². The Hall–Kier alpha value is -1.49. The second-order valence-electron chi connectivity index (χ2n) is 4.33. The smallest absolute Gasteiger partial charge is 0.268 e. The highest BCUT2D eigenvalue weighted by atomic mass is 16.3.